The summed E-state index contributed by atoms with van der Waals surface area (Å²) >= 11 is 6.16. The van der Waals surface area contributed by atoms with E-state index in [-0.39, 0.29) is 6.04 Å². The van der Waals surface area contributed by atoms with Gasteiger partial charge >= 0.3 is 0 Å². The fourth-order valence-corrected chi connectivity index (χ4v) is 2.92. The molecule has 0 saturated heterocycles. The van der Waals surface area contributed by atoms with Crippen molar-refractivity contribution in [3.63, 3.8) is 0 Å². The third-order valence-corrected chi connectivity index (χ3v) is 4.01. The molecule has 4 heteroatoms. The molecule has 0 aromatic heterocycles. The van der Waals surface area contributed by atoms with E-state index in [4.69, 9.17) is 11.6 Å². The number of hydrogen-bond acceptors (Lipinski definition) is 3. The summed E-state index contributed by atoms with van der Waals surface area (Å²) in [6.07, 6.45) is 0. The Labute approximate surface area is 124 Å². The van der Waals surface area contributed by atoms with E-state index in [2.05, 4.69) is 4.90 Å². The van der Waals surface area contributed by atoms with Crippen LogP contribution in [0.5, 0.6) is 0 Å². The second-order valence-corrected chi connectivity index (χ2v) is 5.54. The molecule has 1 unspecified atom stereocenters. The summed E-state index contributed by atoms with van der Waals surface area (Å²) in [5, 5.41) is 12.5. The van der Waals surface area contributed by atoms with Crippen LogP contribution in [0.3, 0.4) is 0 Å². The maximum atomic E-state index is 10.4. The topological polar surface area (TPSA) is 26.7 Å². The van der Waals surface area contributed by atoms with Crippen molar-refractivity contribution in [1.29, 1.82) is 0 Å². The van der Waals surface area contributed by atoms with Crippen molar-refractivity contribution in [3.8, 4) is 0 Å². The van der Waals surface area contributed by atoms with Crippen molar-refractivity contribution in [3.05, 3.63) is 64.7 Å². The Hall–Kier alpha value is -1.55. The maximum absolute atomic E-state index is 10.4. The molecule has 1 heterocycles. The summed E-state index contributed by atoms with van der Waals surface area (Å²) < 4.78 is 0. The molecule has 0 radical (unpaired) electrons. The van der Waals surface area contributed by atoms with Crippen LogP contribution in [-0.4, -0.2) is 30.4 Å². The molecule has 2 aromatic carbocycles. The van der Waals surface area contributed by atoms with Gasteiger partial charge in [-0.3, -0.25) is 0 Å². The number of anilines is 1. The summed E-state index contributed by atoms with van der Waals surface area (Å²) in [7, 11) is 2.04. The van der Waals surface area contributed by atoms with Gasteiger partial charge in [0.1, 0.15) is 0 Å². The normalized spacial score (nSPS) is 19.6. The number of hydroxylamine groups is 2. The molecule has 1 aliphatic rings. The van der Waals surface area contributed by atoms with Gasteiger partial charge in [-0.2, -0.15) is 5.06 Å². The Morgan fingerprint density at radius 3 is 2.60 bits per heavy atom. The average Bonchev–Trinajstić information content (AvgIpc) is 2.57. The average molecular weight is 289 g/mol. The molecule has 0 fully saturated rings. The fraction of sp³-hybridized carbons (Fsp3) is 0.250. The third-order valence-electron chi connectivity index (χ3n) is 3.77. The van der Waals surface area contributed by atoms with Crippen molar-refractivity contribution in [1.82, 2.24) is 5.06 Å². The van der Waals surface area contributed by atoms with Crippen LogP contribution in [0.2, 0.25) is 5.02 Å². The number of benzene rings is 2. The fourth-order valence-electron chi connectivity index (χ4n) is 2.74. The highest BCUT2D eigenvalue weighted by molar-refractivity contribution is 6.30. The van der Waals surface area contributed by atoms with Crippen LogP contribution in [0.15, 0.2) is 48.5 Å². The number of likely N-dealkylation sites (N-methyl/N-ethyl adjacent to an activating group) is 1. The SMILES string of the molecule is CN1CCN(O)C(c2ccccc2)c2cc(Cl)ccc21. The van der Waals surface area contributed by atoms with Gasteiger partial charge in [0.25, 0.3) is 0 Å². The molecule has 1 N–H and O–H groups in total. The van der Waals surface area contributed by atoms with Gasteiger partial charge < -0.3 is 10.1 Å². The molecule has 1 atom stereocenters. The van der Waals surface area contributed by atoms with E-state index in [0.29, 0.717) is 11.6 Å². The highest BCUT2D eigenvalue weighted by Gasteiger charge is 2.28. The molecular formula is C16H17ClN2O. The van der Waals surface area contributed by atoms with Crippen LogP contribution < -0.4 is 4.90 Å². The first-order valence-electron chi connectivity index (χ1n) is 6.68. The van der Waals surface area contributed by atoms with Crippen LogP contribution in [0.4, 0.5) is 5.69 Å². The van der Waals surface area contributed by atoms with Crippen LogP contribution in [0.25, 0.3) is 0 Å². The third kappa shape index (κ3) is 2.40. The van der Waals surface area contributed by atoms with Gasteiger partial charge in [0, 0.05) is 36.4 Å². The van der Waals surface area contributed by atoms with Crippen molar-refractivity contribution < 1.29 is 5.21 Å². The Kier molecular flexibility index (Phi) is 3.66. The smallest absolute Gasteiger partial charge is 0.0870 e. The zero-order valence-electron chi connectivity index (χ0n) is 11.3. The molecule has 1 aliphatic heterocycles. The summed E-state index contributed by atoms with van der Waals surface area (Å²) in [4.78, 5) is 2.15. The quantitative estimate of drug-likeness (QED) is 0.869. The van der Waals surface area contributed by atoms with Gasteiger partial charge in [0.15, 0.2) is 0 Å². The summed E-state index contributed by atoms with van der Waals surface area (Å²) in [5.74, 6) is 0. The standard InChI is InChI=1S/C16H17ClN2O/c1-18-9-10-19(20)16(12-5-3-2-4-6-12)14-11-13(17)7-8-15(14)18/h2-8,11,16,20H,9-10H2,1H3. The molecule has 3 nitrogen and oxygen atoms in total. The molecule has 2 aromatic rings. The van der Waals surface area contributed by atoms with E-state index in [0.717, 1.165) is 23.4 Å². The lowest BCUT2D eigenvalue weighted by atomic mass is 9.97. The molecule has 0 saturated carbocycles. The number of fused-ring (bicyclic) bond motifs is 1. The zero-order valence-corrected chi connectivity index (χ0v) is 12.1. The lowest BCUT2D eigenvalue weighted by molar-refractivity contribution is -0.112. The summed E-state index contributed by atoms with van der Waals surface area (Å²) in [6.45, 7) is 1.36. The van der Waals surface area contributed by atoms with Gasteiger partial charge in [0.05, 0.1) is 6.04 Å². The molecule has 0 amide bonds. The number of hydrogen-bond donors (Lipinski definition) is 1. The minimum absolute atomic E-state index is 0.185. The molecule has 0 aliphatic carbocycles. The number of nitrogens with zero attached hydrogens (tertiary/aromatic N) is 2. The van der Waals surface area contributed by atoms with Crippen molar-refractivity contribution in [2.45, 2.75) is 6.04 Å². The minimum atomic E-state index is -0.185. The minimum Gasteiger partial charge on any atom is -0.373 e. The Balaban J connectivity index is 2.17. The Morgan fingerprint density at radius 1 is 1.10 bits per heavy atom. The van der Waals surface area contributed by atoms with E-state index >= 15 is 0 Å². The summed E-state index contributed by atoms with van der Waals surface area (Å²) in [6, 6.07) is 15.7. The van der Waals surface area contributed by atoms with Crippen molar-refractivity contribution in [2.24, 2.45) is 0 Å². The lowest BCUT2D eigenvalue weighted by Crippen LogP contribution is -2.29. The van der Waals surface area contributed by atoms with E-state index in [1.54, 1.807) is 0 Å². The van der Waals surface area contributed by atoms with Gasteiger partial charge in [-0.1, -0.05) is 41.9 Å². The van der Waals surface area contributed by atoms with E-state index in [9.17, 15) is 5.21 Å². The predicted molar refractivity (Wildman–Crippen MR) is 81.5 cm³/mol. The molecule has 104 valence electrons. The van der Waals surface area contributed by atoms with Gasteiger partial charge in [-0.25, -0.2) is 0 Å². The van der Waals surface area contributed by atoms with E-state index in [1.165, 1.54) is 5.06 Å². The second kappa shape index (κ2) is 5.44. The molecular weight excluding hydrogens is 272 g/mol. The Bertz CT molecular complexity index is 603. The number of halogens is 1. The molecule has 3 rings (SSSR count). The highest BCUT2D eigenvalue weighted by Crippen LogP contribution is 2.37. The molecule has 0 bridgehead atoms. The largest absolute Gasteiger partial charge is 0.373 e. The zero-order chi connectivity index (χ0) is 14.1. The molecule has 0 spiro atoms. The van der Waals surface area contributed by atoms with Gasteiger partial charge in [-0.15, -0.1) is 0 Å². The van der Waals surface area contributed by atoms with Crippen LogP contribution in [-0.2, 0) is 0 Å². The van der Waals surface area contributed by atoms with Crippen molar-refractivity contribution in [2.75, 3.05) is 25.0 Å². The first-order chi connectivity index (χ1) is 9.66. The van der Waals surface area contributed by atoms with Crippen LogP contribution in [0, 0.1) is 0 Å². The van der Waals surface area contributed by atoms with Crippen LogP contribution in [0.1, 0.15) is 17.2 Å². The van der Waals surface area contributed by atoms with Crippen molar-refractivity contribution >= 4 is 17.3 Å². The van der Waals surface area contributed by atoms with E-state index in [1.807, 2.05) is 55.6 Å². The van der Waals surface area contributed by atoms with E-state index < -0.39 is 0 Å². The second-order valence-electron chi connectivity index (χ2n) is 5.10. The Morgan fingerprint density at radius 2 is 1.85 bits per heavy atom. The molecule has 20 heavy (non-hydrogen) atoms. The van der Waals surface area contributed by atoms with Gasteiger partial charge in [-0.05, 0) is 23.8 Å². The lowest BCUT2D eigenvalue weighted by Gasteiger charge is -2.25. The predicted octanol–water partition coefficient (Wildman–Crippen LogP) is 3.57. The first kappa shape index (κ1) is 13.4. The van der Waals surface area contributed by atoms with Gasteiger partial charge in [0.2, 0.25) is 0 Å². The highest BCUT2D eigenvalue weighted by atomic mass is 35.5. The first-order valence-corrected chi connectivity index (χ1v) is 7.05. The van der Waals surface area contributed by atoms with Crippen LogP contribution >= 0.6 is 11.6 Å². The summed E-state index contributed by atoms with van der Waals surface area (Å²) in [5.41, 5.74) is 3.21. The number of rotatable bonds is 1. The monoisotopic (exact) mass is 288 g/mol. The maximum Gasteiger partial charge on any atom is 0.0870 e.